The molecular formula is C18H26N2O3S. The Labute approximate surface area is 147 Å². The van der Waals surface area contributed by atoms with Gasteiger partial charge in [0.2, 0.25) is 5.91 Å². The fraction of sp³-hybridized carbons (Fsp3) is 0.667. The molecule has 0 atom stereocenters. The van der Waals surface area contributed by atoms with E-state index in [2.05, 4.69) is 5.32 Å². The highest BCUT2D eigenvalue weighted by molar-refractivity contribution is 7.13. The lowest BCUT2D eigenvalue weighted by atomic mass is 9.82. The average Bonchev–Trinajstić information content (AvgIpc) is 3.24. The van der Waals surface area contributed by atoms with Crippen molar-refractivity contribution in [3.8, 4) is 0 Å². The van der Waals surface area contributed by atoms with E-state index in [0.29, 0.717) is 13.1 Å². The summed E-state index contributed by atoms with van der Waals surface area (Å²) in [5.41, 5.74) is -0.168. The van der Waals surface area contributed by atoms with E-state index < -0.39 is 0 Å². The molecule has 6 heteroatoms. The lowest BCUT2D eigenvalue weighted by Gasteiger charge is -2.42. The summed E-state index contributed by atoms with van der Waals surface area (Å²) in [5, 5.41) is 3.21. The number of carbonyl (C=O) groups excluding carboxylic acids is 2. The molecule has 1 N–H and O–H groups in total. The van der Waals surface area contributed by atoms with Crippen LogP contribution in [0.15, 0.2) is 12.1 Å². The van der Waals surface area contributed by atoms with Crippen LogP contribution in [0.2, 0.25) is 0 Å². The molecule has 2 fully saturated rings. The fourth-order valence-corrected chi connectivity index (χ4v) is 4.40. The van der Waals surface area contributed by atoms with Gasteiger partial charge in [-0.15, -0.1) is 11.3 Å². The number of nitrogens with zero attached hydrogens (tertiary/aromatic N) is 1. The van der Waals surface area contributed by atoms with Gasteiger partial charge in [0, 0.05) is 30.6 Å². The molecule has 2 amide bonds. The van der Waals surface area contributed by atoms with Crippen molar-refractivity contribution >= 4 is 23.2 Å². The van der Waals surface area contributed by atoms with Gasteiger partial charge in [-0.1, -0.05) is 12.8 Å². The highest BCUT2D eigenvalue weighted by atomic mass is 32.1. The average molecular weight is 350 g/mol. The van der Waals surface area contributed by atoms with Crippen molar-refractivity contribution < 1.29 is 14.3 Å². The predicted molar refractivity (Wildman–Crippen MR) is 94.3 cm³/mol. The number of ether oxygens (including phenoxy) is 1. The van der Waals surface area contributed by atoms with Gasteiger partial charge in [0.15, 0.2) is 0 Å². The quantitative estimate of drug-likeness (QED) is 0.858. The van der Waals surface area contributed by atoms with Gasteiger partial charge in [-0.25, -0.2) is 0 Å². The van der Waals surface area contributed by atoms with Gasteiger partial charge in [0.05, 0.1) is 4.88 Å². The summed E-state index contributed by atoms with van der Waals surface area (Å²) >= 11 is 1.55. The number of piperidine rings is 1. The number of thiophene rings is 1. The van der Waals surface area contributed by atoms with Crippen molar-refractivity contribution in [1.82, 2.24) is 10.2 Å². The van der Waals surface area contributed by atoms with Crippen molar-refractivity contribution in [2.45, 2.75) is 44.6 Å². The maximum absolute atomic E-state index is 12.6. The van der Waals surface area contributed by atoms with E-state index >= 15 is 0 Å². The van der Waals surface area contributed by atoms with Gasteiger partial charge in [-0.2, -0.15) is 0 Å². The minimum atomic E-state index is -0.168. The molecule has 0 bridgehead atoms. The summed E-state index contributed by atoms with van der Waals surface area (Å²) in [6.45, 7) is 3.53. The van der Waals surface area contributed by atoms with E-state index in [-0.39, 0.29) is 24.0 Å². The molecule has 0 aromatic carbocycles. The van der Waals surface area contributed by atoms with Crippen molar-refractivity contribution in [1.29, 1.82) is 0 Å². The molecule has 0 spiro atoms. The number of rotatable bonds is 6. The number of likely N-dealkylation sites (tertiary alicyclic amines) is 1. The highest BCUT2D eigenvalue weighted by Gasteiger charge is 2.41. The molecule has 0 radical (unpaired) electrons. The van der Waals surface area contributed by atoms with Crippen LogP contribution >= 0.6 is 11.3 Å². The summed E-state index contributed by atoms with van der Waals surface area (Å²) in [5.74, 6) is 0.804. The molecule has 132 valence electrons. The Kier molecular flexibility index (Phi) is 5.25. The van der Waals surface area contributed by atoms with Crippen LogP contribution < -0.4 is 5.32 Å². The van der Waals surface area contributed by atoms with Gasteiger partial charge in [-0.05, 0) is 44.2 Å². The van der Waals surface area contributed by atoms with Crippen molar-refractivity contribution in [3.63, 3.8) is 0 Å². The Hall–Kier alpha value is -1.40. The second-order valence-electron chi connectivity index (χ2n) is 7.11. The van der Waals surface area contributed by atoms with Crippen molar-refractivity contribution in [3.05, 3.63) is 21.9 Å². The molecule has 1 aliphatic heterocycles. The zero-order chi connectivity index (χ0) is 17.2. The van der Waals surface area contributed by atoms with E-state index in [1.54, 1.807) is 11.3 Å². The number of carbonyl (C=O) groups is 2. The van der Waals surface area contributed by atoms with Crippen LogP contribution in [0, 0.1) is 12.8 Å². The first kappa shape index (κ1) is 17.4. The second kappa shape index (κ2) is 7.23. The fourth-order valence-electron chi connectivity index (χ4n) is 3.56. The molecule has 2 heterocycles. The molecule has 0 unspecified atom stereocenters. The maximum atomic E-state index is 12.6. The van der Waals surface area contributed by atoms with Crippen LogP contribution in [0.1, 0.15) is 46.7 Å². The molecule has 5 nitrogen and oxygen atoms in total. The van der Waals surface area contributed by atoms with Crippen LogP contribution in [0.3, 0.4) is 0 Å². The number of aryl methyl sites for hydroxylation is 1. The highest BCUT2D eigenvalue weighted by Crippen LogP contribution is 2.40. The zero-order valence-electron chi connectivity index (χ0n) is 14.5. The molecule has 1 saturated carbocycles. The van der Waals surface area contributed by atoms with Gasteiger partial charge in [0.1, 0.15) is 6.61 Å². The number of hydrogen-bond acceptors (Lipinski definition) is 4. The first-order valence-corrected chi connectivity index (χ1v) is 9.49. The normalized spacial score (nSPS) is 20.0. The Morgan fingerprint density at radius 1 is 1.33 bits per heavy atom. The van der Waals surface area contributed by atoms with Crippen LogP contribution in [0.5, 0.6) is 0 Å². The number of methoxy groups -OCH3 is 1. The minimum absolute atomic E-state index is 0.0493. The zero-order valence-corrected chi connectivity index (χ0v) is 15.3. The van der Waals surface area contributed by atoms with E-state index in [0.717, 1.165) is 34.9 Å². The summed E-state index contributed by atoms with van der Waals surface area (Å²) < 4.78 is 4.96. The molecule has 2 aliphatic rings. The Morgan fingerprint density at radius 3 is 2.58 bits per heavy atom. The van der Waals surface area contributed by atoms with Crippen LogP contribution in [0.25, 0.3) is 0 Å². The largest absolute Gasteiger partial charge is 0.375 e. The Morgan fingerprint density at radius 2 is 2.04 bits per heavy atom. The Bertz CT molecular complexity index is 601. The molecule has 1 saturated heterocycles. The molecule has 1 aromatic heterocycles. The van der Waals surface area contributed by atoms with Crippen molar-refractivity contribution in [2.24, 2.45) is 5.92 Å². The summed E-state index contributed by atoms with van der Waals surface area (Å²) in [6.07, 6.45) is 5.21. The third kappa shape index (κ3) is 4.16. The van der Waals surface area contributed by atoms with Gasteiger partial charge >= 0.3 is 0 Å². The molecule has 24 heavy (non-hydrogen) atoms. The molecule has 1 aliphatic carbocycles. The number of hydrogen-bond donors (Lipinski definition) is 1. The topological polar surface area (TPSA) is 58.6 Å². The first-order valence-electron chi connectivity index (χ1n) is 8.67. The summed E-state index contributed by atoms with van der Waals surface area (Å²) in [7, 11) is 1.54. The summed E-state index contributed by atoms with van der Waals surface area (Å²) in [4.78, 5) is 28.6. The summed E-state index contributed by atoms with van der Waals surface area (Å²) in [6, 6.07) is 3.90. The Balaban J connectivity index is 1.62. The van der Waals surface area contributed by atoms with Crippen LogP contribution in [-0.4, -0.2) is 49.1 Å². The monoisotopic (exact) mass is 350 g/mol. The third-order valence-corrected chi connectivity index (χ3v) is 6.00. The lowest BCUT2D eigenvalue weighted by molar-refractivity contribution is -0.127. The standard InChI is InChI=1S/C18H26N2O3S/c1-13-3-6-15(24-13)17(22)20-9-7-18(8-10-20,11-14-4-5-14)19-16(21)12-23-2/h3,6,14H,4-5,7-12H2,1-2H3,(H,19,21). The van der Waals surface area contributed by atoms with E-state index in [9.17, 15) is 9.59 Å². The smallest absolute Gasteiger partial charge is 0.263 e. The van der Waals surface area contributed by atoms with Crippen LogP contribution in [-0.2, 0) is 9.53 Å². The minimum Gasteiger partial charge on any atom is -0.375 e. The maximum Gasteiger partial charge on any atom is 0.263 e. The van der Waals surface area contributed by atoms with E-state index in [1.165, 1.54) is 20.0 Å². The number of nitrogens with one attached hydrogen (secondary N) is 1. The van der Waals surface area contributed by atoms with E-state index in [1.807, 2.05) is 24.0 Å². The van der Waals surface area contributed by atoms with Crippen LogP contribution in [0.4, 0.5) is 0 Å². The third-order valence-electron chi connectivity index (χ3n) is 5.02. The second-order valence-corrected chi connectivity index (χ2v) is 8.40. The molecule has 3 rings (SSSR count). The van der Waals surface area contributed by atoms with Crippen molar-refractivity contribution in [2.75, 3.05) is 26.8 Å². The van der Waals surface area contributed by atoms with Gasteiger partial charge in [0.25, 0.3) is 5.91 Å². The first-order chi connectivity index (χ1) is 11.5. The predicted octanol–water partition coefficient (Wildman–Crippen LogP) is 2.59. The van der Waals surface area contributed by atoms with E-state index in [4.69, 9.17) is 4.74 Å². The van der Waals surface area contributed by atoms with Gasteiger partial charge < -0.3 is 15.0 Å². The SMILES string of the molecule is COCC(=O)NC1(CC2CC2)CCN(C(=O)c2ccc(C)s2)CC1. The van der Waals surface area contributed by atoms with Gasteiger partial charge in [-0.3, -0.25) is 9.59 Å². The molecule has 1 aromatic rings. The molecular weight excluding hydrogens is 324 g/mol. The lowest BCUT2D eigenvalue weighted by Crippen LogP contribution is -2.57. The number of amides is 2.